The predicted molar refractivity (Wildman–Crippen MR) is 90.7 cm³/mol. The van der Waals surface area contributed by atoms with E-state index in [-0.39, 0.29) is 5.91 Å². The maximum absolute atomic E-state index is 12.3. The summed E-state index contributed by atoms with van der Waals surface area (Å²) in [6.45, 7) is 4.91. The van der Waals surface area contributed by atoms with Crippen LogP contribution >= 0.6 is 0 Å². The lowest BCUT2D eigenvalue weighted by Gasteiger charge is -2.25. The average molecular weight is 346 g/mol. The number of hydrogen-bond donors (Lipinski definition) is 1. The molecule has 2 aliphatic heterocycles. The number of ether oxygens (including phenoxy) is 1. The van der Waals surface area contributed by atoms with Crippen LogP contribution in [0.1, 0.15) is 5.56 Å². The molecule has 0 aromatic heterocycles. The molecule has 8 nitrogen and oxygen atoms in total. The first-order valence-corrected chi connectivity index (χ1v) is 8.19. The zero-order valence-electron chi connectivity index (χ0n) is 14.7. The van der Waals surface area contributed by atoms with Crippen molar-refractivity contribution in [2.24, 2.45) is 0 Å². The molecule has 8 heteroatoms. The molecule has 0 unspecified atom stereocenters. The zero-order chi connectivity index (χ0) is 18.1. The van der Waals surface area contributed by atoms with Gasteiger partial charge in [-0.15, -0.1) is 9.15 Å². The highest BCUT2D eigenvalue weighted by Crippen LogP contribution is 2.09. The van der Waals surface area contributed by atoms with Crippen LogP contribution < -0.4 is 25.2 Å². The molecule has 0 radical (unpaired) electrons. The fourth-order valence-electron chi connectivity index (χ4n) is 3.01. The lowest BCUT2D eigenvalue weighted by molar-refractivity contribution is -0.141. The first-order valence-electron chi connectivity index (χ1n) is 8.19. The summed E-state index contributed by atoms with van der Waals surface area (Å²) in [5.41, 5.74) is 1.47. The topological polar surface area (TPSA) is 81.7 Å². The SMILES string of the molecule is Cc1cc2c(cc1NC(=O)CN1CCOCC1)=[N+](C)C(=O)C(=O)[N+]=2C. The summed E-state index contributed by atoms with van der Waals surface area (Å²) in [5, 5.41) is 4.15. The number of carbonyl (C=O) groups excluding carboxylic acids is 3. The quantitative estimate of drug-likeness (QED) is 0.486. The van der Waals surface area contributed by atoms with Gasteiger partial charge in [-0.25, -0.2) is 9.59 Å². The number of amides is 3. The minimum Gasteiger partial charge on any atom is -0.379 e. The van der Waals surface area contributed by atoms with Gasteiger partial charge in [-0.1, -0.05) is 0 Å². The lowest BCUT2D eigenvalue weighted by Crippen LogP contribution is -2.58. The monoisotopic (exact) mass is 346 g/mol. The number of rotatable bonds is 3. The standard InChI is InChI=1S/C17H21N4O4/c1-11-8-13-14(20(3)17(24)16(23)19(13)2)9-12(11)18-15(22)10-21-4-6-25-7-5-21/h8-9H,4-7,10H2,1-3H3/q+1/p+1. The van der Waals surface area contributed by atoms with Gasteiger partial charge in [0.2, 0.25) is 5.91 Å². The van der Waals surface area contributed by atoms with Gasteiger partial charge in [-0.2, -0.15) is 0 Å². The number of benzene rings is 1. The Balaban J connectivity index is 1.90. The Morgan fingerprint density at radius 2 is 1.68 bits per heavy atom. The second-order valence-corrected chi connectivity index (χ2v) is 6.32. The van der Waals surface area contributed by atoms with Crippen LogP contribution in [0.4, 0.5) is 5.69 Å². The summed E-state index contributed by atoms with van der Waals surface area (Å²) >= 11 is 0. The fourth-order valence-corrected chi connectivity index (χ4v) is 3.01. The molecule has 1 saturated heterocycles. The molecule has 3 rings (SSSR count). The van der Waals surface area contributed by atoms with Crippen molar-refractivity contribution in [3.05, 3.63) is 28.4 Å². The van der Waals surface area contributed by atoms with E-state index in [1.54, 1.807) is 26.2 Å². The van der Waals surface area contributed by atoms with Gasteiger partial charge in [-0.05, 0) is 12.5 Å². The van der Waals surface area contributed by atoms with E-state index in [0.29, 0.717) is 36.2 Å². The van der Waals surface area contributed by atoms with E-state index < -0.39 is 11.8 Å². The Hall–Kier alpha value is -2.45. The first kappa shape index (κ1) is 17.4. The third-order valence-electron chi connectivity index (χ3n) is 4.58. The van der Waals surface area contributed by atoms with Crippen molar-refractivity contribution in [2.45, 2.75) is 6.92 Å². The van der Waals surface area contributed by atoms with Crippen LogP contribution in [0.5, 0.6) is 0 Å². The van der Waals surface area contributed by atoms with Crippen molar-refractivity contribution in [1.29, 1.82) is 0 Å². The van der Waals surface area contributed by atoms with Crippen molar-refractivity contribution in [3.8, 4) is 0 Å². The van der Waals surface area contributed by atoms with E-state index in [4.69, 9.17) is 4.74 Å². The van der Waals surface area contributed by atoms with E-state index in [1.807, 2.05) is 11.8 Å². The second kappa shape index (κ2) is 6.81. The lowest BCUT2D eigenvalue weighted by atomic mass is 10.1. The Bertz CT molecular complexity index is 885. The maximum Gasteiger partial charge on any atom is 0.528 e. The maximum atomic E-state index is 12.3. The molecule has 1 fully saturated rings. The number of morpholine rings is 1. The normalized spacial score (nSPS) is 18.4. The Morgan fingerprint density at radius 1 is 1.12 bits per heavy atom. The van der Waals surface area contributed by atoms with Gasteiger partial charge in [0.15, 0.2) is 0 Å². The van der Waals surface area contributed by atoms with Crippen LogP contribution in [0.25, 0.3) is 0 Å². The van der Waals surface area contributed by atoms with Crippen molar-refractivity contribution >= 4 is 23.4 Å². The molecule has 0 aliphatic carbocycles. The van der Waals surface area contributed by atoms with Gasteiger partial charge in [-0.3, -0.25) is 9.69 Å². The van der Waals surface area contributed by atoms with E-state index in [9.17, 15) is 14.4 Å². The van der Waals surface area contributed by atoms with Crippen LogP contribution in [0.15, 0.2) is 12.1 Å². The fraction of sp³-hybridized carbons (Fsp3) is 0.471. The minimum absolute atomic E-state index is 0.112. The highest BCUT2D eigenvalue weighted by atomic mass is 16.5. The number of anilines is 1. The molecule has 1 aromatic rings. The molecule has 1 N–H and O–H groups in total. The number of aryl methyl sites for hydroxylation is 1. The molecule has 2 heterocycles. The zero-order valence-corrected chi connectivity index (χ0v) is 14.7. The van der Waals surface area contributed by atoms with Gasteiger partial charge >= 0.3 is 11.8 Å². The summed E-state index contributed by atoms with van der Waals surface area (Å²) in [5.74, 6) is -1.28. The molecule has 0 atom stereocenters. The molecule has 0 saturated carbocycles. The number of fused-ring (bicyclic) bond motifs is 1. The van der Waals surface area contributed by atoms with Crippen molar-refractivity contribution in [2.75, 3.05) is 52.3 Å². The molecule has 3 amide bonds. The van der Waals surface area contributed by atoms with E-state index in [2.05, 4.69) is 5.32 Å². The molecule has 25 heavy (non-hydrogen) atoms. The number of likely N-dealkylation sites (N-methyl/N-ethyl adjacent to an activating group) is 2. The van der Waals surface area contributed by atoms with Gasteiger partial charge in [0.1, 0.15) is 14.1 Å². The van der Waals surface area contributed by atoms with Crippen molar-refractivity contribution < 1.29 is 19.1 Å². The highest BCUT2D eigenvalue weighted by Gasteiger charge is 2.39. The van der Waals surface area contributed by atoms with Crippen LogP contribution in [0.3, 0.4) is 0 Å². The summed E-state index contributed by atoms with van der Waals surface area (Å²) in [7, 11) is 3.13. The largest absolute Gasteiger partial charge is 0.528 e. The number of carbonyl (C=O) groups is 3. The first-order chi connectivity index (χ1) is 11.9. The number of hydrogen-bond acceptors (Lipinski definition) is 5. The molecular formula is C17H22N4O4+2. The van der Waals surface area contributed by atoms with Gasteiger partial charge < -0.3 is 10.1 Å². The minimum atomic E-state index is -0.593. The van der Waals surface area contributed by atoms with Gasteiger partial charge in [0.05, 0.1) is 25.4 Å². The Labute approximate surface area is 145 Å². The molecule has 0 bridgehead atoms. The average Bonchev–Trinajstić information content (AvgIpc) is 2.60. The van der Waals surface area contributed by atoms with Crippen LogP contribution in [0, 0.1) is 6.92 Å². The molecule has 0 spiro atoms. The molecular weight excluding hydrogens is 324 g/mol. The Morgan fingerprint density at radius 3 is 2.28 bits per heavy atom. The third-order valence-corrected chi connectivity index (χ3v) is 4.58. The summed E-state index contributed by atoms with van der Waals surface area (Å²) in [4.78, 5) is 38.3. The molecule has 2 aliphatic rings. The van der Waals surface area contributed by atoms with Crippen LogP contribution in [0.2, 0.25) is 0 Å². The molecule has 132 valence electrons. The van der Waals surface area contributed by atoms with Gasteiger partial charge in [0, 0.05) is 25.2 Å². The molecule has 1 aromatic carbocycles. The van der Waals surface area contributed by atoms with E-state index in [0.717, 1.165) is 18.7 Å². The van der Waals surface area contributed by atoms with Crippen LogP contribution in [-0.4, -0.2) is 69.6 Å². The van der Waals surface area contributed by atoms with Gasteiger partial charge in [0.25, 0.3) is 10.7 Å². The summed E-state index contributed by atoms with van der Waals surface area (Å²) in [6.07, 6.45) is 0. The Kier molecular flexibility index (Phi) is 4.73. The van der Waals surface area contributed by atoms with Crippen LogP contribution in [-0.2, 0) is 19.1 Å². The highest BCUT2D eigenvalue weighted by molar-refractivity contribution is 6.36. The second-order valence-electron chi connectivity index (χ2n) is 6.32. The smallest absolute Gasteiger partial charge is 0.379 e. The van der Waals surface area contributed by atoms with Crippen molar-refractivity contribution in [1.82, 2.24) is 14.1 Å². The number of nitrogens with zero attached hydrogens (tertiary/aromatic N) is 3. The summed E-state index contributed by atoms with van der Waals surface area (Å²) in [6, 6.07) is 3.54. The third kappa shape index (κ3) is 3.35. The predicted octanol–water partition coefficient (Wildman–Crippen LogP) is -2.43. The summed E-state index contributed by atoms with van der Waals surface area (Å²) < 4.78 is 7.93. The van der Waals surface area contributed by atoms with Crippen molar-refractivity contribution in [3.63, 3.8) is 0 Å². The van der Waals surface area contributed by atoms with E-state index >= 15 is 0 Å². The number of nitrogens with one attached hydrogen (secondary N) is 1. The van der Waals surface area contributed by atoms with E-state index in [1.165, 1.54) is 9.15 Å².